The molecular formula is C15H23FN2O. The van der Waals surface area contributed by atoms with Crippen molar-refractivity contribution in [3.05, 3.63) is 30.1 Å². The summed E-state index contributed by atoms with van der Waals surface area (Å²) in [5.41, 5.74) is 6.94. The number of hydrogen-bond acceptors (Lipinski definition) is 3. The molecule has 1 fully saturated rings. The van der Waals surface area contributed by atoms with Gasteiger partial charge < -0.3 is 15.4 Å². The summed E-state index contributed by atoms with van der Waals surface area (Å²) in [6.45, 7) is 4.73. The number of likely N-dealkylation sites (N-methyl/N-ethyl adjacent to an activating group) is 1. The van der Waals surface area contributed by atoms with Gasteiger partial charge in [0.25, 0.3) is 0 Å². The molecule has 2 rings (SSSR count). The maximum atomic E-state index is 13.0. The number of nitrogens with two attached hydrogens (primary N) is 1. The molecular weight excluding hydrogens is 243 g/mol. The predicted octanol–water partition coefficient (Wildman–Crippen LogP) is 2.55. The summed E-state index contributed by atoms with van der Waals surface area (Å²) in [6, 6.07) is 6.58. The van der Waals surface area contributed by atoms with Crippen LogP contribution in [0.2, 0.25) is 0 Å². The highest BCUT2D eigenvalue weighted by molar-refractivity contribution is 5.48. The van der Waals surface area contributed by atoms with E-state index < -0.39 is 0 Å². The number of ether oxygens (including phenoxy) is 1. The van der Waals surface area contributed by atoms with E-state index in [-0.39, 0.29) is 23.6 Å². The molecule has 2 atom stereocenters. The Morgan fingerprint density at radius 3 is 2.26 bits per heavy atom. The van der Waals surface area contributed by atoms with E-state index >= 15 is 0 Å². The zero-order valence-electron chi connectivity index (χ0n) is 11.9. The first-order chi connectivity index (χ1) is 8.97. The highest BCUT2D eigenvalue weighted by Gasteiger charge is 2.40. The molecule has 19 heavy (non-hydrogen) atoms. The fourth-order valence-electron chi connectivity index (χ4n) is 3.16. The molecule has 106 valence electrons. The summed E-state index contributed by atoms with van der Waals surface area (Å²) in [5, 5.41) is 0. The third-order valence-electron chi connectivity index (χ3n) is 4.10. The second-order valence-electron chi connectivity index (χ2n) is 5.63. The normalized spacial score (nSPS) is 31.2. The molecule has 0 spiro atoms. The molecule has 0 bridgehead atoms. The Balaban J connectivity index is 2.27. The Morgan fingerprint density at radius 1 is 1.26 bits per heavy atom. The molecule has 2 N–H and O–H groups in total. The third kappa shape index (κ3) is 2.90. The van der Waals surface area contributed by atoms with Gasteiger partial charge in [0.1, 0.15) is 5.82 Å². The summed E-state index contributed by atoms with van der Waals surface area (Å²) >= 11 is 0. The van der Waals surface area contributed by atoms with Gasteiger partial charge >= 0.3 is 0 Å². The van der Waals surface area contributed by atoms with Crippen molar-refractivity contribution in [2.45, 2.75) is 44.4 Å². The van der Waals surface area contributed by atoms with Gasteiger partial charge in [0.05, 0.1) is 17.7 Å². The topological polar surface area (TPSA) is 38.5 Å². The molecule has 0 amide bonds. The zero-order chi connectivity index (χ0) is 14.0. The van der Waals surface area contributed by atoms with Crippen LogP contribution in [0, 0.1) is 5.82 Å². The van der Waals surface area contributed by atoms with Crippen molar-refractivity contribution < 1.29 is 9.13 Å². The highest BCUT2D eigenvalue weighted by Crippen LogP contribution is 2.35. The highest BCUT2D eigenvalue weighted by atomic mass is 19.1. The lowest BCUT2D eigenvalue weighted by molar-refractivity contribution is -0.0591. The van der Waals surface area contributed by atoms with Crippen LogP contribution in [0.1, 0.15) is 26.7 Å². The first-order valence-electron chi connectivity index (χ1n) is 6.82. The van der Waals surface area contributed by atoms with E-state index in [0.29, 0.717) is 6.54 Å². The van der Waals surface area contributed by atoms with Crippen LogP contribution in [0.5, 0.6) is 0 Å². The summed E-state index contributed by atoms with van der Waals surface area (Å²) < 4.78 is 18.8. The van der Waals surface area contributed by atoms with E-state index in [0.717, 1.165) is 18.5 Å². The van der Waals surface area contributed by atoms with Crippen molar-refractivity contribution in [2.24, 2.45) is 5.73 Å². The van der Waals surface area contributed by atoms with Crippen molar-refractivity contribution in [3.8, 4) is 0 Å². The van der Waals surface area contributed by atoms with Crippen molar-refractivity contribution in [3.63, 3.8) is 0 Å². The molecule has 1 heterocycles. The van der Waals surface area contributed by atoms with Gasteiger partial charge in [-0.15, -0.1) is 0 Å². The van der Waals surface area contributed by atoms with Gasteiger partial charge in [0, 0.05) is 19.3 Å². The van der Waals surface area contributed by atoms with Gasteiger partial charge in [-0.2, -0.15) is 0 Å². The van der Waals surface area contributed by atoms with E-state index in [1.165, 1.54) is 12.1 Å². The molecule has 1 aromatic carbocycles. The van der Waals surface area contributed by atoms with Crippen LogP contribution in [-0.2, 0) is 4.74 Å². The molecule has 1 aliphatic rings. The third-order valence-corrected chi connectivity index (χ3v) is 4.10. The molecule has 0 radical (unpaired) electrons. The van der Waals surface area contributed by atoms with Crippen LogP contribution in [0.15, 0.2) is 24.3 Å². The van der Waals surface area contributed by atoms with E-state index in [1.807, 2.05) is 7.05 Å². The maximum absolute atomic E-state index is 13.0. The number of halogens is 1. The van der Waals surface area contributed by atoms with Crippen LogP contribution in [0.25, 0.3) is 0 Å². The number of anilines is 1. The fraction of sp³-hybridized carbons (Fsp3) is 0.600. The minimum absolute atomic E-state index is 0.116. The predicted molar refractivity (Wildman–Crippen MR) is 75.8 cm³/mol. The quantitative estimate of drug-likeness (QED) is 0.913. The Hall–Kier alpha value is -1.13. The van der Waals surface area contributed by atoms with Crippen LogP contribution >= 0.6 is 0 Å². The second kappa shape index (κ2) is 5.47. The van der Waals surface area contributed by atoms with Crippen molar-refractivity contribution >= 4 is 5.69 Å². The summed E-state index contributed by atoms with van der Waals surface area (Å²) in [6.07, 6.45) is 2.16. The fourth-order valence-corrected chi connectivity index (χ4v) is 3.16. The van der Waals surface area contributed by atoms with E-state index in [9.17, 15) is 4.39 Å². The minimum Gasteiger partial charge on any atom is -0.375 e. The molecule has 0 aliphatic carbocycles. The molecule has 2 unspecified atom stereocenters. The number of nitrogens with zero attached hydrogens (tertiary/aromatic N) is 1. The van der Waals surface area contributed by atoms with Gasteiger partial charge in [-0.25, -0.2) is 4.39 Å². The number of rotatable bonds is 3. The molecule has 1 aromatic rings. The van der Waals surface area contributed by atoms with Crippen molar-refractivity contribution in [2.75, 3.05) is 18.5 Å². The average molecular weight is 266 g/mol. The van der Waals surface area contributed by atoms with Crippen LogP contribution in [-0.4, -0.2) is 31.3 Å². The van der Waals surface area contributed by atoms with E-state index in [1.54, 1.807) is 12.1 Å². The largest absolute Gasteiger partial charge is 0.375 e. The first kappa shape index (κ1) is 14.3. The number of hydrogen-bond donors (Lipinski definition) is 1. The Kier molecular flexibility index (Phi) is 4.11. The molecule has 1 saturated heterocycles. The summed E-state index contributed by atoms with van der Waals surface area (Å²) in [7, 11) is 2.03. The van der Waals surface area contributed by atoms with E-state index in [2.05, 4.69) is 18.7 Å². The summed E-state index contributed by atoms with van der Waals surface area (Å²) in [4.78, 5) is 2.18. The van der Waals surface area contributed by atoms with E-state index in [4.69, 9.17) is 10.5 Å². The molecule has 0 aromatic heterocycles. The summed E-state index contributed by atoms with van der Waals surface area (Å²) in [5.74, 6) is -0.215. The lowest BCUT2D eigenvalue weighted by atomic mass is 9.82. The van der Waals surface area contributed by atoms with Crippen LogP contribution in [0.4, 0.5) is 10.1 Å². The number of benzene rings is 1. The first-order valence-corrected chi connectivity index (χ1v) is 6.82. The van der Waals surface area contributed by atoms with Crippen molar-refractivity contribution in [1.82, 2.24) is 0 Å². The molecule has 4 heteroatoms. The zero-order valence-corrected chi connectivity index (χ0v) is 11.9. The van der Waals surface area contributed by atoms with Gasteiger partial charge in [-0.3, -0.25) is 0 Å². The average Bonchev–Trinajstić information content (AvgIpc) is 2.37. The molecule has 3 nitrogen and oxygen atoms in total. The standard InChI is InChI=1S/C15H23FN2O/c1-11-8-15(10-17,9-12(2)19-11)18(3)14-6-4-13(16)5-7-14/h4-7,11-12H,8-10,17H2,1-3H3. The Morgan fingerprint density at radius 2 is 1.79 bits per heavy atom. The van der Waals surface area contributed by atoms with Crippen LogP contribution in [0.3, 0.4) is 0 Å². The molecule has 1 aliphatic heterocycles. The van der Waals surface area contributed by atoms with Crippen molar-refractivity contribution in [1.29, 1.82) is 0 Å². The minimum atomic E-state index is -0.215. The lowest BCUT2D eigenvalue weighted by Crippen LogP contribution is -2.58. The smallest absolute Gasteiger partial charge is 0.123 e. The Labute approximate surface area is 114 Å². The van der Waals surface area contributed by atoms with Gasteiger partial charge in [-0.1, -0.05) is 0 Å². The molecule has 0 saturated carbocycles. The van der Waals surface area contributed by atoms with Gasteiger partial charge in [0.15, 0.2) is 0 Å². The second-order valence-corrected chi connectivity index (χ2v) is 5.63. The van der Waals surface area contributed by atoms with Gasteiger partial charge in [-0.05, 0) is 51.0 Å². The van der Waals surface area contributed by atoms with Crippen LogP contribution < -0.4 is 10.6 Å². The SMILES string of the molecule is CC1CC(CN)(N(C)c2ccc(F)cc2)CC(C)O1. The van der Waals surface area contributed by atoms with Gasteiger partial charge in [0.2, 0.25) is 0 Å². The Bertz CT molecular complexity index is 411. The lowest BCUT2D eigenvalue weighted by Gasteiger charge is -2.49. The maximum Gasteiger partial charge on any atom is 0.123 e. The monoisotopic (exact) mass is 266 g/mol.